The van der Waals surface area contributed by atoms with Crippen LogP contribution in [0.3, 0.4) is 0 Å². The molecule has 6 nitrogen and oxygen atoms in total. The van der Waals surface area contributed by atoms with Crippen molar-refractivity contribution in [1.82, 2.24) is 4.98 Å². The van der Waals surface area contributed by atoms with Gasteiger partial charge in [0.15, 0.2) is 16.9 Å². The molecule has 0 spiro atoms. The van der Waals surface area contributed by atoms with Gasteiger partial charge in [0.2, 0.25) is 0 Å². The number of hydrogen-bond acceptors (Lipinski definition) is 6. The third kappa shape index (κ3) is 5.35. The molecule has 0 saturated heterocycles. The van der Waals surface area contributed by atoms with E-state index in [-0.39, 0.29) is 26.4 Å². The second kappa shape index (κ2) is 9.23. The van der Waals surface area contributed by atoms with Gasteiger partial charge in [0, 0.05) is 11.9 Å². The SMILES string of the molecule is C=CCNc1nc(C(=O)OC(C)C(=O)Nc2cc(Cl)c(Cl)cc2Cl)cs1. The summed E-state index contributed by atoms with van der Waals surface area (Å²) >= 11 is 19.0. The minimum Gasteiger partial charge on any atom is -0.448 e. The maximum absolute atomic E-state index is 12.2. The number of carbonyl (C=O) groups excluding carboxylic acids is 2. The lowest BCUT2D eigenvalue weighted by molar-refractivity contribution is -0.123. The highest BCUT2D eigenvalue weighted by atomic mass is 35.5. The van der Waals surface area contributed by atoms with Crippen LogP contribution in [0.5, 0.6) is 0 Å². The predicted molar refractivity (Wildman–Crippen MR) is 106 cm³/mol. The van der Waals surface area contributed by atoms with E-state index in [1.54, 1.807) is 6.08 Å². The van der Waals surface area contributed by atoms with Crippen molar-refractivity contribution in [2.24, 2.45) is 0 Å². The molecule has 0 fully saturated rings. The Morgan fingerprint density at radius 1 is 1.31 bits per heavy atom. The summed E-state index contributed by atoms with van der Waals surface area (Å²) in [6.07, 6.45) is 0.597. The minimum absolute atomic E-state index is 0.105. The average molecular weight is 435 g/mol. The van der Waals surface area contributed by atoms with Gasteiger partial charge in [-0.2, -0.15) is 0 Å². The molecule has 0 aliphatic rings. The molecule has 1 aromatic carbocycles. The number of benzene rings is 1. The first-order valence-corrected chi connectivity index (χ1v) is 9.30. The van der Waals surface area contributed by atoms with E-state index in [9.17, 15) is 9.59 Å². The summed E-state index contributed by atoms with van der Waals surface area (Å²) in [7, 11) is 0. The summed E-state index contributed by atoms with van der Waals surface area (Å²) in [5.41, 5.74) is 0.368. The van der Waals surface area contributed by atoms with Crippen LogP contribution < -0.4 is 10.6 Å². The molecule has 1 unspecified atom stereocenters. The number of thiazole rings is 1. The van der Waals surface area contributed by atoms with Crippen molar-refractivity contribution >= 4 is 68.8 Å². The van der Waals surface area contributed by atoms with Crippen LogP contribution in [0.15, 0.2) is 30.2 Å². The van der Waals surface area contributed by atoms with Crippen molar-refractivity contribution in [2.75, 3.05) is 17.2 Å². The first-order valence-electron chi connectivity index (χ1n) is 7.28. The van der Waals surface area contributed by atoms with Crippen LogP contribution in [0.4, 0.5) is 10.8 Å². The highest BCUT2D eigenvalue weighted by Gasteiger charge is 2.22. The third-order valence-electron chi connectivity index (χ3n) is 3.03. The number of esters is 1. The lowest BCUT2D eigenvalue weighted by atomic mass is 10.3. The van der Waals surface area contributed by atoms with Crippen molar-refractivity contribution < 1.29 is 14.3 Å². The van der Waals surface area contributed by atoms with Gasteiger partial charge < -0.3 is 15.4 Å². The van der Waals surface area contributed by atoms with E-state index in [1.807, 2.05) is 0 Å². The van der Waals surface area contributed by atoms with Gasteiger partial charge in [0.05, 0.1) is 20.8 Å². The van der Waals surface area contributed by atoms with Gasteiger partial charge >= 0.3 is 5.97 Å². The summed E-state index contributed by atoms with van der Waals surface area (Å²) in [6, 6.07) is 2.82. The number of rotatable bonds is 7. The molecule has 0 radical (unpaired) electrons. The zero-order valence-electron chi connectivity index (χ0n) is 13.5. The Kier molecular flexibility index (Phi) is 7.28. The lowest BCUT2D eigenvalue weighted by Crippen LogP contribution is -2.30. The maximum Gasteiger partial charge on any atom is 0.358 e. The number of carbonyl (C=O) groups is 2. The van der Waals surface area contributed by atoms with E-state index in [0.717, 1.165) is 0 Å². The van der Waals surface area contributed by atoms with Crippen LogP contribution in [-0.2, 0) is 9.53 Å². The predicted octanol–water partition coefficient (Wildman–Crippen LogP) is 4.89. The summed E-state index contributed by atoms with van der Waals surface area (Å²) in [5, 5.41) is 8.29. The Hall–Kier alpha value is -1.80. The topological polar surface area (TPSA) is 80.3 Å². The molecule has 1 amide bonds. The lowest BCUT2D eigenvalue weighted by Gasteiger charge is -2.14. The Bertz CT molecular complexity index is 841. The fourth-order valence-electron chi connectivity index (χ4n) is 1.74. The van der Waals surface area contributed by atoms with Crippen LogP contribution in [0.1, 0.15) is 17.4 Å². The van der Waals surface area contributed by atoms with Gasteiger partial charge in [0.1, 0.15) is 0 Å². The monoisotopic (exact) mass is 433 g/mol. The summed E-state index contributed by atoms with van der Waals surface area (Å²) < 4.78 is 5.13. The number of nitrogens with zero attached hydrogens (tertiary/aromatic N) is 1. The molecule has 1 atom stereocenters. The Morgan fingerprint density at radius 3 is 2.69 bits per heavy atom. The van der Waals surface area contributed by atoms with Gasteiger partial charge in [-0.1, -0.05) is 40.9 Å². The van der Waals surface area contributed by atoms with E-state index in [0.29, 0.717) is 11.7 Å². The molecule has 138 valence electrons. The zero-order valence-corrected chi connectivity index (χ0v) is 16.6. The van der Waals surface area contributed by atoms with Crippen LogP contribution >= 0.6 is 46.1 Å². The number of amides is 1. The number of nitrogens with one attached hydrogen (secondary N) is 2. The van der Waals surface area contributed by atoms with E-state index >= 15 is 0 Å². The highest BCUT2D eigenvalue weighted by molar-refractivity contribution is 7.13. The molecule has 0 aliphatic heterocycles. The molecular weight excluding hydrogens is 421 g/mol. The highest BCUT2D eigenvalue weighted by Crippen LogP contribution is 2.32. The first-order chi connectivity index (χ1) is 12.3. The second-order valence-electron chi connectivity index (χ2n) is 4.99. The van der Waals surface area contributed by atoms with Crippen molar-refractivity contribution in [3.63, 3.8) is 0 Å². The Labute approximate surface area is 169 Å². The van der Waals surface area contributed by atoms with Gasteiger partial charge in [-0.15, -0.1) is 17.9 Å². The third-order valence-corrected chi connectivity index (χ3v) is 4.87. The van der Waals surface area contributed by atoms with Crippen molar-refractivity contribution in [3.05, 3.63) is 50.9 Å². The zero-order chi connectivity index (χ0) is 19.3. The first kappa shape index (κ1) is 20.5. The molecule has 2 N–H and O–H groups in total. The molecule has 0 saturated carbocycles. The van der Waals surface area contributed by atoms with Crippen LogP contribution in [0, 0.1) is 0 Å². The van der Waals surface area contributed by atoms with E-state index < -0.39 is 18.0 Å². The van der Waals surface area contributed by atoms with Crippen LogP contribution in [-0.4, -0.2) is 29.5 Å². The average Bonchev–Trinajstić information content (AvgIpc) is 3.06. The van der Waals surface area contributed by atoms with E-state index in [4.69, 9.17) is 39.5 Å². The largest absolute Gasteiger partial charge is 0.448 e. The molecule has 2 aromatic rings. The number of ether oxygens (including phenoxy) is 1. The van der Waals surface area contributed by atoms with Gasteiger partial charge in [-0.05, 0) is 19.1 Å². The van der Waals surface area contributed by atoms with Crippen molar-refractivity contribution in [3.8, 4) is 0 Å². The number of anilines is 2. The molecular formula is C16H14Cl3N3O3S. The molecule has 1 heterocycles. The Balaban J connectivity index is 1.98. The summed E-state index contributed by atoms with van der Waals surface area (Å²) in [6.45, 7) is 5.53. The van der Waals surface area contributed by atoms with Gasteiger partial charge in [-0.3, -0.25) is 4.79 Å². The molecule has 2 rings (SSSR count). The Morgan fingerprint density at radius 2 is 2.00 bits per heavy atom. The van der Waals surface area contributed by atoms with Crippen LogP contribution in [0.25, 0.3) is 0 Å². The standard InChI is InChI=1S/C16H14Cl3N3O3S/c1-3-4-20-16-22-13(7-26-16)15(24)25-8(2)14(23)21-12-6-10(18)9(17)5-11(12)19/h3,5-8H,1,4H2,2H3,(H,20,22)(H,21,23). The smallest absolute Gasteiger partial charge is 0.358 e. The van der Waals surface area contributed by atoms with Crippen molar-refractivity contribution in [2.45, 2.75) is 13.0 Å². The molecule has 1 aromatic heterocycles. The maximum atomic E-state index is 12.2. The quantitative estimate of drug-likeness (QED) is 0.368. The number of hydrogen-bond donors (Lipinski definition) is 2. The number of halogens is 3. The van der Waals surface area contributed by atoms with E-state index in [2.05, 4.69) is 22.2 Å². The molecule has 10 heteroatoms. The number of aromatic nitrogens is 1. The van der Waals surface area contributed by atoms with Crippen LogP contribution in [0.2, 0.25) is 15.1 Å². The fraction of sp³-hybridized carbons (Fsp3) is 0.188. The summed E-state index contributed by atoms with van der Waals surface area (Å²) in [5.74, 6) is -1.28. The molecule has 0 bridgehead atoms. The summed E-state index contributed by atoms with van der Waals surface area (Å²) in [4.78, 5) is 28.4. The minimum atomic E-state index is -1.07. The van der Waals surface area contributed by atoms with Gasteiger partial charge in [-0.25, -0.2) is 9.78 Å². The van der Waals surface area contributed by atoms with Gasteiger partial charge in [0.25, 0.3) is 5.91 Å². The fourth-order valence-corrected chi connectivity index (χ4v) is 3.02. The normalized spacial score (nSPS) is 11.5. The van der Waals surface area contributed by atoms with E-state index in [1.165, 1.54) is 35.8 Å². The molecule has 0 aliphatic carbocycles. The molecule has 26 heavy (non-hydrogen) atoms. The van der Waals surface area contributed by atoms with Crippen molar-refractivity contribution in [1.29, 1.82) is 0 Å². The second-order valence-corrected chi connectivity index (χ2v) is 7.07.